The van der Waals surface area contributed by atoms with Gasteiger partial charge in [0.15, 0.2) is 5.82 Å². The summed E-state index contributed by atoms with van der Waals surface area (Å²) in [4.78, 5) is 15.9. The van der Waals surface area contributed by atoms with E-state index in [1.54, 1.807) is 6.92 Å². The molecule has 0 aromatic carbocycles. The fourth-order valence-electron chi connectivity index (χ4n) is 2.11. The smallest absolute Gasteiger partial charge is 0.227 e. The van der Waals surface area contributed by atoms with E-state index in [-0.39, 0.29) is 18.9 Å². The Bertz CT molecular complexity index is 426. The molecule has 1 aromatic heterocycles. The molecule has 0 unspecified atom stereocenters. The van der Waals surface area contributed by atoms with Crippen molar-refractivity contribution in [2.24, 2.45) is 0 Å². The number of hydrogen-bond acceptors (Lipinski definition) is 6. The molecule has 2 heterocycles. The van der Waals surface area contributed by atoms with E-state index >= 15 is 0 Å². The highest BCUT2D eigenvalue weighted by molar-refractivity contribution is 5.77. The Kier molecular flexibility index (Phi) is 4.49. The van der Waals surface area contributed by atoms with Crippen LogP contribution in [0.1, 0.15) is 31.0 Å². The maximum Gasteiger partial charge on any atom is 0.227 e. The molecule has 0 aliphatic carbocycles. The van der Waals surface area contributed by atoms with Crippen LogP contribution in [0.15, 0.2) is 4.52 Å². The summed E-state index contributed by atoms with van der Waals surface area (Å²) in [5, 5.41) is 16.0. The van der Waals surface area contributed by atoms with Gasteiger partial charge in [0.2, 0.25) is 11.8 Å². The fraction of sp³-hybridized carbons (Fsp3) is 0.750. The number of aliphatic hydroxyl groups is 1. The summed E-state index contributed by atoms with van der Waals surface area (Å²) in [5.41, 5.74) is -0.542. The molecule has 1 saturated heterocycles. The topological polar surface area (TPSA) is 97.5 Å². The van der Waals surface area contributed by atoms with E-state index in [2.05, 4.69) is 15.5 Å². The van der Waals surface area contributed by atoms with E-state index < -0.39 is 5.54 Å². The van der Waals surface area contributed by atoms with Crippen molar-refractivity contribution < 1.29 is 19.2 Å². The molecular formula is C12H19N3O4. The zero-order valence-corrected chi connectivity index (χ0v) is 11.0. The number of amides is 1. The Balaban J connectivity index is 1.82. The van der Waals surface area contributed by atoms with Gasteiger partial charge in [0.25, 0.3) is 0 Å². The van der Waals surface area contributed by atoms with Crippen LogP contribution in [0.25, 0.3) is 0 Å². The van der Waals surface area contributed by atoms with Crippen molar-refractivity contribution in [1.29, 1.82) is 0 Å². The highest BCUT2D eigenvalue weighted by Gasteiger charge is 2.33. The molecule has 2 rings (SSSR count). The molecule has 1 aromatic rings. The SMILES string of the molecule is Cc1noc(CCC(=O)NC2(CO)CCOCC2)n1. The first-order valence-electron chi connectivity index (χ1n) is 6.42. The van der Waals surface area contributed by atoms with Crippen LogP contribution >= 0.6 is 0 Å². The van der Waals surface area contributed by atoms with Crippen molar-refractivity contribution in [1.82, 2.24) is 15.5 Å². The van der Waals surface area contributed by atoms with Crippen LogP contribution in [0.2, 0.25) is 0 Å². The lowest BCUT2D eigenvalue weighted by Crippen LogP contribution is -2.54. The lowest BCUT2D eigenvalue weighted by atomic mass is 9.91. The molecule has 0 bridgehead atoms. The summed E-state index contributed by atoms with van der Waals surface area (Å²) in [6.07, 6.45) is 1.94. The van der Waals surface area contributed by atoms with E-state index in [0.717, 1.165) is 0 Å². The summed E-state index contributed by atoms with van der Waals surface area (Å²) >= 11 is 0. The number of carbonyl (C=O) groups excluding carboxylic acids is 1. The first-order valence-corrected chi connectivity index (χ1v) is 6.42. The molecule has 0 radical (unpaired) electrons. The van der Waals surface area contributed by atoms with Crippen molar-refractivity contribution >= 4 is 5.91 Å². The van der Waals surface area contributed by atoms with Crippen molar-refractivity contribution in [3.05, 3.63) is 11.7 Å². The summed E-state index contributed by atoms with van der Waals surface area (Å²) in [6.45, 7) is 2.78. The minimum absolute atomic E-state index is 0.0677. The van der Waals surface area contributed by atoms with Gasteiger partial charge in [-0.15, -0.1) is 0 Å². The van der Waals surface area contributed by atoms with Gasteiger partial charge in [-0.3, -0.25) is 4.79 Å². The number of carbonyl (C=O) groups is 1. The van der Waals surface area contributed by atoms with E-state index in [1.165, 1.54) is 0 Å². The third kappa shape index (κ3) is 3.74. The number of nitrogens with one attached hydrogen (secondary N) is 1. The van der Waals surface area contributed by atoms with Crippen LogP contribution in [0.5, 0.6) is 0 Å². The van der Waals surface area contributed by atoms with Crippen molar-refractivity contribution in [3.8, 4) is 0 Å². The lowest BCUT2D eigenvalue weighted by Gasteiger charge is -2.36. The number of rotatable bonds is 5. The summed E-state index contributed by atoms with van der Waals surface area (Å²) < 4.78 is 10.2. The standard InChI is InChI=1S/C12H19N3O4/c1-9-13-11(19-15-9)3-2-10(17)14-12(8-16)4-6-18-7-5-12/h16H,2-8H2,1H3,(H,14,17). The highest BCUT2D eigenvalue weighted by atomic mass is 16.5. The summed E-state index contributed by atoms with van der Waals surface area (Å²) in [5.74, 6) is 0.899. The van der Waals surface area contributed by atoms with Crippen LogP contribution in [-0.4, -0.2) is 46.5 Å². The minimum Gasteiger partial charge on any atom is -0.394 e. The Morgan fingerprint density at radius 2 is 2.21 bits per heavy atom. The average Bonchev–Trinajstić information content (AvgIpc) is 2.83. The number of aliphatic hydroxyl groups excluding tert-OH is 1. The Morgan fingerprint density at radius 1 is 1.47 bits per heavy atom. The fourth-order valence-corrected chi connectivity index (χ4v) is 2.11. The van der Waals surface area contributed by atoms with Crippen molar-refractivity contribution in [2.45, 2.75) is 38.1 Å². The molecule has 106 valence electrons. The Labute approximate surface area is 111 Å². The molecule has 1 fully saturated rings. The zero-order chi connectivity index (χ0) is 13.7. The molecule has 1 aliphatic heterocycles. The van der Waals surface area contributed by atoms with Crippen LogP contribution in [0, 0.1) is 6.92 Å². The third-order valence-corrected chi connectivity index (χ3v) is 3.29. The van der Waals surface area contributed by atoms with E-state index in [1.807, 2.05) is 0 Å². The highest BCUT2D eigenvalue weighted by Crippen LogP contribution is 2.20. The second-order valence-electron chi connectivity index (χ2n) is 4.83. The molecule has 0 atom stereocenters. The Hall–Kier alpha value is -1.47. The number of nitrogens with zero attached hydrogens (tertiary/aromatic N) is 2. The Morgan fingerprint density at radius 3 is 2.79 bits per heavy atom. The third-order valence-electron chi connectivity index (χ3n) is 3.29. The van der Waals surface area contributed by atoms with Gasteiger partial charge in [0, 0.05) is 26.1 Å². The van der Waals surface area contributed by atoms with Crippen molar-refractivity contribution in [3.63, 3.8) is 0 Å². The predicted molar refractivity (Wildman–Crippen MR) is 65.4 cm³/mol. The van der Waals surface area contributed by atoms with Gasteiger partial charge in [-0.25, -0.2) is 0 Å². The van der Waals surface area contributed by atoms with Gasteiger partial charge < -0.3 is 19.7 Å². The average molecular weight is 269 g/mol. The molecule has 1 aliphatic rings. The van der Waals surface area contributed by atoms with Crippen LogP contribution in [0.3, 0.4) is 0 Å². The molecule has 7 nitrogen and oxygen atoms in total. The zero-order valence-electron chi connectivity index (χ0n) is 11.0. The molecule has 1 amide bonds. The second kappa shape index (κ2) is 6.12. The minimum atomic E-state index is -0.542. The van der Waals surface area contributed by atoms with E-state index in [4.69, 9.17) is 9.26 Å². The predicted octanol–water partition coefficient (Wildman–Crippen LogP) is -0.0317. The molecule has 0 saturated carbocycles. The van der Waals surface area contributed by atoms with Crippen LogP contribution < -0.4 is 5.32 Å². The molecule has 2 N–H and O–H groups in total. The monoisotopic (exact) mass is 269 g/mol. The maximum atomic E-state index is 11.9. The number of hydrogen-bond donors (Lipinski definition) is 2. The lowest BCUT2D eigenvalue weighted by molar-refractivity contribution is -0.125. The number of aryl methyl sites for hydroxylation is 2. The van der Waals surface area contributed by atoms with Gasteiger partial charge in [-0.1, -0.05) is 5.16 Å². The molecule has 7 heteroatoms. The molecule has 19 heavy (non-hydrogen) atoms. The summed E-state index contributed by atoms with van der Waals surface area (Å²) in [7, 11) is 0. The second-order valence-corrected chi connectivity index (χ2v) is 4.83. The van der Waals surface area contributed by atoms with E-state index in [9.17, 15) is 9.90 Å². The van der Waals surface area contributed by atoms with Gasteiger partial charge in [-0.2, -0.15) is 4.98 Å². The van der Waals surface area contributed by atoms with E-state index in [0.29, 0.717) is 44.2 Å². The maximum absolute atomic E-state index is 11.9. The number of aromatic nitrogens is 2. The number of ether oxygens (including phenoxy) is 1. The largest absolute Gasteiger partial charge is 0.394 e. The normalized spacial score (nSPS) is 18.2. The van der Waals surface area contributed by atoms with Gasteiger partial charge >= 0.3 is 0 Å². The van der Waals surface area contributed by atoms with Gasteiger partial charge in [-0.05, 0) is 19.8 Å². The summed E-state index contributed by atoms with van der Waals surface area (Å²) in [6, 6.07) is 0. The molecular weight excluding hydrogens is 250 g/mol. The molecule has 0 spiro atoms. The van der Waals surface area contributed by atoms with Crippen LogP contribution in [-0.2, 0) is 16.0 Å². The van der Waals surface area contributed by atoms with Gasteiger partial charge in [0.1, 0.15) is 0 Å². The first-order chi connectivity index (χ1) is 9.13. The van der Waals surface area contributed by atoms with Gasteiger partial charge in [0.05, 0.1) is 12.1 Å². The first kappa shape index (κ1) is 14.0. The van der Waals surface area contributed by atoms with Crippen molar-refractivity contribution in [2.75, 3.05) is 19.8 Å². The quantitative estimate of drug-likeness (QED) is 0.779. The van der Waals surface area contributed by atoms with Crippen LogP contribution in [0.4, 0.5) is 0 Å².